The highest BCUT2D eigenvalue weighted by Crippen LogP contribution is 2.46. The quantitative estimate of drug-likeness (QED) is 0.530. The third-order valence-electron chi connectivity index (χ3n) is 2.82. The van der Waals surface area contributed by atoms with E-state index in [1.807, 2.05) is 0 Å². The van der Waals surface area contributed by atoms with Crippen LogP contribution in [0.3, 0.4) is 0 Å². The number of fused-ring (bicyclic) bond motifs is 2. The number of carbonyl (C=O) groups is 1. The lowest BCUT2D eigenvalue weighted by Crippen LogP contribution is -2.40. The highest BCUT2D eigenvalue weighted by Gasteiger charge is 2.49. The predicted molar refractivity (Wildman–Crippen MR) is 41.4 cm³/mol. The molecule has 2 bridgehead atoms. The van der Waals surface area contributed by atoms with Crippen LogP contribution in [0.2, 0.25) is 0 Å². The van der Waals surface area contributed by atoms with Crippen LogP contribution >= 0.6 is 0 Å². The minimum absolute atomic E-state index is 0.121. The maximum Gasteiger partial charge on any atom is 0.138 e. The van der Waals surface area contributed by atoms with Gasteiger partial charge >= 0.3 is 0 Å². The van der Waals surface area contributed by atoms with E-state index in [1.54, 1.807) is 0 Å². The molecule has 0 N–H and O–H groups in total. The van der Waals surface area contributed by atoms with Crippen molar-refractivity contribution in [3.8, 4) is 0 Å². The van der Waals surface area contributed by atoms with E-state index in [4.69, 9.17) is 4.74 Å². The van der Waals surface area contributed by atoms with Crippen LogP contribution < -0.4 is 0 Å². The van der Waals surface area contributed by atoms with Gasteiger partial charge in [-0.05, 0) is 26.7 Å². The number of hydrogen-bond donors (Lipinski definition) is 0. The zero-order chi connectivity index (χ0) is 8.11. The Hall–Kier alpha value is -0.370. The molecule has 0 spiro atoms. The number of Topliss-reactive ketones (excluding diaryl/α,β-unsaturated/α-hetero) is 1. The largest absolute Gasteiger partial charge is 0.368 e. The standard InChI is InChI=1S/C9H14O2/c1-8-3-4-9(2,11-8)6-7(10)5-8/h3-6H2,1-2H3. The van der Waals surface area contributed by atoms with Crippen molar-refractivity contribution in [3.63, 3.8) is 0 Å². The second kappa shape index (κ2) is 1.86. The zero-order valence-corrected chi connectivity index (χ0v) is 7.14. The topological polar surface area (TPSA) is 26.3 Å². The van der Waals surface area contributed by atoms with Gasteiger partial charge in [0.25, 0.3) is 0 Å². The van der Waals surface area contributed by atoms with Crippen LogP contribution in [-0.2, 0) is 9.53 Å². The summed E-state index contributed by atoms with van der Waals surface area (Å²) >= 11 is 0. The summed E-state index contributed by atoms with van der Waals surface area (Å²) in [5.74, 6) is 0.374. The Morgan fingerprint density at radius 1 is 1.18 bits per heavy atom. The number of ether oxygens (including phenoxy) is 1. The van der Waals surface area contributed by atoms with Gasteiger partial charge in [-0.15, -0.1) is 0 Å². The molecule has 2 aliphatic heterocycles. The molecule has 2 fully saturated rings. The molecule has 2 saturated heterocycles. The van der Waals surface area contributed by atoms with Crippen LogP contribution in [0, 0.1) is 0 Å². The Bertz CT molecular complexity index is 192. The summed E-state index contributed by atoms with van der Waals surface area (Å²) in [5.41, 5.74) is -0.242. The van der Waals surface area contributed by atoms with Gasteiger partial charge in [-0.25, -0.2) is 0 Å². The highest BCUT2D eigenvalue weighted by molar-refractivity contribution is 5.81. The Balaban J connectivity index is 2.28. The highest BCUT2D eigenvalue weighted by atomic mass is 16.5. The molecule has 0 amide bonds. The van der Waals surface area contributed by atoms with Gasteiger partial charge < -0.3 is 4.74 Å². The van der Waals surface area contributed by atoms with E-state index in [0.717, 1.165) is 12.8 Å². The monoisotopic (exact) mass is 154 g/mol. The fraction of sp³-hybridized carbons (Fsp3) is 0.889. The first-order chi connectivity index (χ1) is 5.02. The van der Waals surface area contributed by atoms with Gasteiger partial charge in [-0.2, -0.15) is 0 Å². The fourth-order valence-corrected chi connectivity index (χ4v) is 2.37. The van der Waals surface area contributed by atoms with E-state index in [-0.39, 0.29) is 11.2 Å². The fourth-order valence-electron chi connectivity index (χ4n) is 2.37. The lowest BCUT2D eigenvalue weighted by molar-refractivity contribution is -0.152. The van der Waals surface area contributed by atoms with Crippen LogP contribution in [-0.4, -0.2) is 17.0 Å². The molecule has 0 aromatic rings. The lowest BCUT2D eigenvalue weighted by atomic mass is 9.94. The number of hydrogen-bond acceptors (Lipinski definition) is 2. The summed E-state index contributed by atoms with van der Waals surface area (Å²) < 4.78 is 5.82. The molecule has 0 saturated carbocycles. The average Bonchev–Trinajstić information content (AvgIpc) is 2.01. The second-order valence-corrected chi connectivity index (χ2v) is 4.39. The third kappa shape index (κ3) is 1.09. The zero-order valence-electron chi connectivity index (χ0n) is 7.14. The molecule has 11 heavy (non-hydrogen) atoms. The van der Waals surface area contributed by atoms with Gasteiger partial charge in [0.05, 0.1) is 11.2 Å². The number of carbonyl (C=O) groups excluding carboxylic acids is 1. The van der Waals surface area contributed by atoms with E-state index in [9.17, 15) is 4.79 Å². The van der Waals surface area contributed by atoms with Crippen LogP contribution in [0.1, 0.15) is 39.5 Å². The van der Waals surface area contributed by atoms with Crippen molar-refractivity contribution in [1.29, 1.82) is 0 Å². The van der Waals surface area contributed by atoms with Crippen molar-refractivity contribution in [3.05, 3.63) is 0 Å². The minimum atomic E-state index is -0.121. The van der Waals surface area contributed by atoms with Crippen molar-refractivity contribution < 1.29 is 9.53 Å². The first-order valence-electron chi connectivity index (χ1n) is 4.23. The Kier molecular flexibility index (Phi) is 1.23. The van der Waals surface area contributed by atoms with Crippen molar-refractivity contribution in [1.82, 2.24) is 0 Å². The lowest BCUT2D eigenvalue weighted by Gasteiger charge is -2.34. The third-order valence-corrected chi connectivity index (χ3v) is 2.82. The maximum atomic E-state index is 11.3. The molecular weight excluding hydrogens is 140 g/mol. The van der Waals surface area contributed by atoms with Crippen LogP contribution in [0.15, 0.2) is 0 Å². The van der Waals surface area contributed by atoms with E-state index in [2.05, 4.69) is 13.8 Å². The van der Waals surface area contributed by atoms with E-state index >= 15 is 0 Å². The van der Waals surface area contributed by atoms with E-state index in [1.165, 1.54) is 0 Å². The molecule has 2 heteroatoms. The molecule has 2 nitrogen and oxygen atoms in total. The van der Waals surface area contributed by atoms with Crippen LogP contribution in [0.25, 0.3) is 0 Å². The molecular formula is C9H14O2. The van der Waals surface area contributed by atoms with Gasteiger partial charge in [-0.3, -0.25) is 4.79 Å². The molecule has 2 rings (SSSR count). The molecule has 2 heterocycles. The van der Waals surface area contributed by atoms with Gasteiger partial charge in [-0.1, -0.05) is 0 Å². The summed E-state index contributed by atoms with van der Waals surface area (Å²) in [6, 6.07) is 0. The van der Waals surface area contributed by atoms with Gasteiger partial charge in [0.15, 0.2) is 0 Å². The van der Waals surface area contributed by atoms with Crippen molar-refractivity contribution in [2.75, 3.05) is 0 Å². The summed E-state index contributed by atoms with van der Waals surface area (Å²) in [7, 11) is 0. The predicted octanol–water partition coefficient (Wildman–Crippen LogP) is 1.68. The first kappa shape index (κ1) is 7.29. The normalized spacial score (nSPS) is 49.8. The van der Waals surface area contributed by atoms with E-state index in [0.29, 0.717) is 18.6 Å². The molecule has 0 radical (unpaired) electrons. The van der Waals surface area contributed by atoms with Crippen molar-refractivity contribution >= 4 is 5.78 Å². The van der Waals surface area contributed by atoms with Gasteiger partial charge in [0, 0.05) is 12.8 Å². The average molecular weight is 154 g/mol. The molecule has 2 atom stereocenters. The molecule has 0 aliphatic carbocycles. The van der Waals surface area contributed by atoms with Crippen molar-refractivity contribution in [2.45, 2.75) is 50.7 Å². The first-order valence-corrected chi connectivity index (χ1v) is 4.23. The summed E-state index contributed by atoms with van der Waals surface area (Å²) in [5, 5.41) is 0. The summed E-state index contributed by atoms with van der Waals surface area (Å²) in [4.78, 5) is 11.3. The summed E-state index contributed by atoms with van der Waals surface area (Å²) in [6.45, 7) is 4.10. The molecule has 62 valence electrons. The van der Waals surface area contributed by atoms with Gasteiger partial charge in [0.2, 0.25) is 0 Å². The van der Waals surface area contributed by atoms with Crippen LogP contribution in [0.5, 0.6) is 0 Å². The van der Waals surface area contributed by atoms with Gasteiger partial charge in [0.1, 0.15) is 5.78 Å². The number of rotatable bonds is 0. The Morgan fingerprint density at radius 2 is 1.64 bits per heavy atom. The van der Waals surface area contributed by atoms with Crippen molar-refractivity contribution in [2.24, 2.45) is 0 Å². The maximum absolute atomic E-state index is 11.3. The molecule has 0 aromatic heterocycles. The molecule has 2 aliphatic rings. The Labute approximate surface area is 66.9 Å². The van der Waals surface area contributed by atoms with E-state index < -0.39 is 0 Å². The van der Waals surface area contributed by atoms with Crippen LogP contribution in [0.4, 0.5) is 0 Å². The molecule has 0 aromatic carbocycles. The molecule has 2 unspecified atom stereocenters. The smallest absolute Gasteiger partial charge is 0.138 e. The second-order valence-electron chi connectivity index (χ2n) is 4.39. The number of ketones is 1. The SMILES string of the molecule is CC12CCC(C)(CC(=O)C1)O2. The Morgan fingerprint density at radius 3 is 2.09 bits per heavy atom. The minimum Gasteiger partial charge on any atom is -0.368 e. The summed E-state index contributed by atoms with van der Waals surface area (Å²) in [6.07, 6.45) is 3.36.